The van der Waals surface area contributed by atoms with E-state index in [0.717, 1.165) is 48.2 Å². The van der Waals surface area contributed by atoms with Crippen LogP contribution in [0.15, 0.2) is 36.7 Å². The summed E-state index contributed by atoms with van der Waals surface area (Å²) in [5.74, 6) is -0.710. The number of halogens is 3. The third-order valence-electron chi connectivity index (χ3n) is 10.3. The van der Waals surface area contributed by atoms with Gasteiger partial charge >= 0.3 is 0 Å². The van der Waals surface area contributed by atoms with E-state index >= 15 is 4.39 Å². The third kappa shape index (κ3) is 5.90. The molecule has 0 bridgehead atoms. The van der Waals surface area contributed by atoms with Crippen LogP contribution in [0.5, 0.6) is 0 Å². The van der Waals surface area contributed by atoms with E-state index in [1.165, 1.54) is 23.3 Å². The molecule has 1 aromatic heterocycles. The van der Waals surface area contributed by atoms with Crippen LogP contribution in [0.1, 0.15) is 79.4 Å². The van der Waals surface area contributed by atoms with Crippen LogP contribution in [0.3, 0.4) is 0 Å². The van der Waals surface area contributed by atoms with Gasteiger partial charge in [0.15, 0.2) is 0 Å². The summed E-state index contributed by atoms with van der Waals surface area (Å²) in [6.45, 7) is 10.1. The Morgan fingerprint density at radius 3 is 2.41 bits per heavy atom. The molecule has 3 aliphatic heterocycles. The second-order valence-electron chi connectivity index (χ2n) is 13.3. The van der Waals surface area contributed by atoms with E-state index in [0.29, 0.717) is 51.0 Å². The Kier molecular flexibility index (Phi) is 8.83. The number of hydrogen-bond acceptors (Lipinski definition) is 5. The third-order valence-corrected chi connectivity index (χ3v) is 10.7. The van der Waals surface area contributed by atoms with E-state index in [9.17, 15) is 9.18 Å². The fourth-order valence-electron chi connectivity index (χ4n) is 7.75. The molecule has 3 aromatic rings. The summed E-state index contributed by atoms with van der Waals surface area (Å²) in [5.41, 5.74) is 3.42. The minimum absolute atomic E-state index is 0.0633. The summed E-state index contributed by atoms with van der Waals surface area (Å²) in [5, 5.41) is 5.05. The first-order valence-corrected chi connectivity index (χ1v) is 16.1. The lowest BCUT2D eigenvalue weighted by atomic mass is 9.75. The smallest absolute Gasteiger partial charge is 0.227 e. The van der Waals surface area contributed by atoms with Crippen molar-refractivity contribution in [2.45, 2.75) is 69.7 Å². The van der Waals surface area contributed by atoms with Gasteiger partial charge in [-0.1, -0.05) is 23.7 Å². The Morgan fingerprint density at radius 2 is 1.75 bits per heavy atom. The van der Waals surface area contributed by atoms with Gasteiger partial charge in [0.1, 0.15) is 23.8 Å². The molecule has 1 unspecified atom stereocenters. The monoisotopic (exact) mass is 625 g/mol. The number of rotatable bonds is 6. The van der Waals surface area contributed by atoms with Gasteiger partial charge in [0.2, 0.25) is 5.91 Å². The Labute approximate surface area is 263 Å². The molecule has 3 fully saturated rings. The molecule has 2 aromatic carbocycles. The summed E-state index contributed by atoms with van der Waals surface area (Å²) in [4.78, 5) is 23.1. The van der Waals surface area contributed by atoms with Crippen molar-refractivity contribution >= 4 is 17.5 Å². The van der Waals surface area contributed by atoms with E-state index in [-0.39, 0.29) is 23.7 Å². The first-order valence-electron chi connectivity index (χ1n) is 15.7. The predicted octanol–water partition coefficient (Wildman–Crippen LogP) is 5.98. The summed E-state index contributed by atoms with van der Waals surface area (Å²) in [6.07, 6.45) is 4.99. The zero-order valence-corrected chi connectivity index (χ0v) is 26.8. The highest BCUT2D eigenvalue weighted by Crippen LogP contribution is 2.42. The molecule has 10 heteroatoms. The summed E-state index contributed by atoms with van der Waals surface area (Å²) in [6, 6.07) is 8.34. The number of amides is 1. The minimum Gasteiger partial charge on any atom is -0.381 e. The van der Waals surface area contributed by atoms with Crippen molar-refractivity contribution in [3.05, 3.63) is 81.4 Å². The lowest BCUT2D eigenvalue weighted by molar-refractivity contribution is -0.136. The molecule has 7 nitrogen and oxygen atoms in total. The van der Waals surface area contributed by atoms with Gasteiger partial charge in [-0.2, -0.15) is 5.10 Å². The zero-order chi connectivity index (χ0) is 31.2. The Morgan fingerprint density at radius 1 is 1.02 bits per heavy atom. The van der Waals surface area contributed by atoms with Crippen LogP contribution >= 0.6 is 11.6 Å². The van der Waals surface area contributed by atoms with Crippen LogP contribution < -0.4 is 0 Å². The largest absolute Gasteiger partial charge is 0.381 e. The molecule has 6 rings (SSSR count). The standard InChI is InChI=1S/C34H42ClF2N5O2/c1-21-15-29(34(2,3)33-38-20-39-40(33)4)26(17-30(21)35)22-7-11-41(12-8-22)32(43)28-19-42(24-9-13-44-14-10-24)18-27(28)25-6-5-23(36)16-31(25)37/h5-6,15-17,20,22,24,27-28H,7-14,18-19H2,1-4H3/t27?,28-/m1/s1. The molecule has 0 spiro atoms. The molecule has 1 amide bonds. The molecule has 4 heterocycles. The summed E-state index contributed by atoms with van der Waals surface area (Å²) < 4.78 is 36.3. The van der Waals surface area contributed by atoms with Crippen molar-refractivity contribution in [1.29, 1.82) is 0 Å². The summed E-state index contributed by atoms with van der Waals surface area (Å²) >= 11 is 6.69. The van der Waals surface area contributed by atoms with Gasteiger partial charge in [-0.3, -0.25) is 14.4 Å². The Bertz CT molecular complexity index is 1510. The number of benzene rings is 2. The number of piperidine rings is 1. The number of aryl methyl sites for hydroxylation is 2. The molecule has 3 saturated heterocycles. The molecule has 3 aliphatic rings. The van der Waals surface area contributed by atoms with Gasteiger partial charge in [-0.15, -0.1) is 0 Å². The van der Waals surface area contributed by atoms with Gasteiger partial charge < -0.3 is 9.64 Å². The van der Waals surface area contributed by atoms with Crippen molar-refractivity contribution in [2.24, 2.45) is 13.0 Å². The quantitative estimate of drug-likeness (QED) is 0.337. The number of carbonyl (C=O) groups is 1. The first-order chi connectivity index (χ1) is 21.0. The van der Waals surface area contributed by atoms with Crippen molar-refractivity contribution in [3.8, 4) is 0 Å². The van der Waals surface area contributed by atoms with Crippen LogP contribution in [0.2, 0.25) is 5.02 Å². The lowest BCUT2D eigenvalue weighted by Gasteiger charge is -2.37. The van der Waals surface area contributed by atoms with Crippen LogP contribution in [0.25, 0.3) is 0 Å². The van der Waals surface area contributed by atoms with E-state index in [1.54, 1.807) is 6.33 Å². The highest BCUT2D eigenvalue weighted by atomic mass is 35.5. The SMILES string of the molecule is Cc1cc(C(C)(C)c2ncnn2C)c(C2CCN(C(=O)[C@@H]3CN(C4CCOCC4)CC3c3ccc(F)cc3F)CC2)cc1Cl. The van der Waals surface area contributed by atoms with Crippen molar-refractivity contribution < 1.29 is 18.3 Å². The number of nitrogens with zero attached hydrogens (tertiary/aromatic N) is 5. The average Bonchev–Trinajstić information content (AvgIpc) is 3.66. The van der Waals surface area contributed by atoms with Crippen molar-refractivity contribution in [1.82, 2.24) is 24.6 Å². The zero-order valence-electron chi connectivity index (χ0n) is 26.0. The topological polar surface area (TPSA) is 63.5 Å². The second-order valence-corrected chi connectivity index (χ2v) is 13.7. The molecule has 2 atom stereocenters. The van der Waals surface area contributed by atoms with Crippen LogP contribution in [-0.4, -0.2) is 75.9 Å². The maximum absolute atomic E-state index is 15.1. The average molecular weight is 626 g/mol. The van der Waals surface area contributed by atoms with Crippen LogP contribution in [-0.2, 0) is 22.0 Å². The number of ether oxygens (including phenoxy) is 1. The molecule has 0 radical (unpaired) electrons. The van der Waals surface area contributed by atoms with Crippen molar-refractivity contribution in [2.75, 3.05) is 39.4 Å². The number of aromatic nitrogens is 3. The number of hydrogen-bond donors (Lipinski definition) is 0. The summed E-state index contributed by atoms with van der Waals surface area (Å²) in [7, 11) is 1.91. The highest BCUT2D eigenvalue weighted by molar-refractivity contribution is 6.31. The lowest BCUT2D eigenvalue weighted by Crippen LogP contribution is -2.44. The molecule has 236 valence electrons. The number of likely N-dealkylation sites (tertiary alicyclic amines) is 2. The molecule has 0 N–H and O–H groups in total. The maximum Gasteiger partial charge on any atom is 0.227 e. The normalized spacial score (nSPS) is 22.6. The van der Waals surface area contributed by atoms with Crippen LogP contribution in [0.4, 0.5) is 8.78 Å². The van der Waals surface area contributed by atoms with Gasteiger partial charge in [-0.05, 0) is 86.8 Å². The first kappa shape index (κ1) is 31.1. The second kappa shape index (κ2) is 12.5. The minimum atomic E-state index is -0.603. The Hall–Kier alpha value is -2.88. The van der Waals surface area contributed by atoms with E-state index < -0.39 is 17.0 Å². The predicted molar refractivity (Wildman–Crippen MR) is 166 cm³/mol. The van der Waals surface area contributed by atoms with Gasteiger partial charge in [-0.25, -0.2) is 13.8 Å². The Balaban J connectivity index is 1.22. The van der Waals surface area contributed by atoms with E-state index in [2.05, 4.69) is 41.0 Å². The molecule has 44 heavy (non-hydrogen) atoms. The fraction of sp³-hybridized carbons (Fsp3) is 0.559. The van der Waals surface area contributed by atoms with Gasteiger partial charge in [0.05, 0.1) is 5.92 Å². The molecule has 0 aliphatic carbocycles. The van der Waals surface area contributed by atoms with E-state index in [1.807, 2.05) is 23.6 Å². The molecule has 0 saturated carbocycles. The number of carbonyl (C=O) groups excluding carboxylic acids is 1. The maximum atomic E-state index is 15.1. The highest BCUT2D eigenvalue weighted by Gasteiger charge is 2.44. The van der Waals surface area contributed by atoms with E-state index in [4.69, 9.17) is 16.3 Å². The van der Waals surface area contributed by atoms with Crippen LogP contribution in [0, 0.1) is 24.5 Å². The molecular formula is C34H42ClF2N5O2. The van der Waals surface area contributed by atoms with Crippen molar-refractivity contribution in [3.63, 3.8) is 0 Å². The fourth-order valence-corrected chi connectivity index (χ4v) is 7.93. The van der Waals surface area contributed by atoms with Gasteiger partial charge in [0.25, 0.3) is 0 Å². The van der Waals surface area contributed by atoms with Gasteiger partial charge in [0, 0.05) is 74.9 Å². The molecular weight excluding hydrogens is 584 g/mol.